The highest BCUT2D eigenvalue weighted by atomic mass is 16.5. The van der Waals surface area contributed by atoms with Gasteiger partial charge >= 0.3 is 0 Å². The van der Waals surface area contributed by atoms with Crippen molar-refractivity contribution in [1.82, 2.24) is 14.8 Å². The lowest BCUT2D eigenvalue weighted by molar-refractivity contribution is -0.113. The SMILES string of the molecule is CCOc1cc(C2C(C(=O)Nc3ccccc3C)=C(C)Nc3ncnn32)ccc1OCc1ccccc1C. The van der Waals surface area contributed by atoms with Gasteiger partial charge in [0.25, 0.3) is 5.91 Å². The number of carbonyl (C=O) groups is 1. The molecule has 1 aromatic heterocycles. The fourth-order valence-corrected chi connectivity index (χ4v) is 4.61. The van der Waals surface area contributed by atoms with E-state index in [0.717, 1.165) is 22.4 Å². The Morgan fingerprint density at radius 3 is 2.50 bits per heavy atom. The first-order valence-electron chi connectivity index (χ1n) is 12.6. The Balaban J connectivity index is 1.50. The van der Waals surface area contributed by atoms with Crippen LogP contribution in [0.3, 0.4) is 0 Å². The van der Waals surface area contributed by atoms with Crippen LogP contribution < -0.4 is 20.1 Å². The van der Waals surface area contributed by atoms with Crippen molar-refractivity contribution in [2.24, 2.45) is 0 Å². The number of nitrogens with zero attached hydrogens (tertiary/aromatic N) is 3. The normalized spacial score (nSPS) is 14.5. The van der Waals surface area contributed by atoms with Gasteiger partial charge in [-0.05, 0) is 68.1 Å². The minimum Gasteiger partial charge on any atom is -0.490 e. The Hall–Kier alpha value is -4.59. The smallest absolute Gasteiger partial charge is 0.255 e. The van der Waals surface area contributed by atoms with Gasteiger partial charge < -0.3 is 20.1 Å². The van der Waals surface area contributed by atoms with E-state index in [1.807, 2.05) is 75.4 Å². The van der Waals surface area contributed by atoms with E-state index >= 15 is 0 Å². The standard InChI is InChI=1S/C30H31N5O3/c1-5-37-26-16-22(14-15-25(26)38-17-23-12-8-6-10-19(23)2)28-27(21(4)33-30-31-18-32-35(28)30)29(36)34-24-13-9-7-11-20(24)3/h6-16,18,28H,5,17H2,1-4H3,(H,34,36)(H,31,32,33). The van der Waals surface area contributed by atoms with Crippen molar-refractivity contribution in [2.75, 3.05) is 17.2 Å². The topological polar surface area (TPSA) is 90.3 Å². The van der Waals surface area contributed by atoms with Crippen molar-refractivity contribution in [3.63, 3.8) is 0 Å². The second-order valence-corrected chi connectivity index (χ2v) is 9.22. The molecular formula is C30H31N5O3. The van der Waals surface area contributed by atoms with Crippen LogP contribution in [-0.2, 0) is 11.4 Å². The van der Waals surface area contributed by atoms with Gasteiger partial charge in [-0.3, -0.25) is 4.79 Å². The van der Waals surface area contributed by atoms with Crippen LogP contribution >= 0.6 is 0 Å². The summed E-state index contributed by atoms with van der Waals surface area (Å²) < 4.78 is 13.9. The second kappa shape index (κ2) is 10.8. The third-order valence-electron chi connectivity index (χ3n) is 6.66. The molecule has 1 aliphatic rings. The van der Waals surface area contributed by atoms with Gasteiger partial charge in [0.05, 0.1) is 12.2 Å². The van der Waals surface area contributed by atoms with Crippen LogP contribution in [0.25, 0.3) is 0 Å². The maximum Gasteiger partial charge on any atom is 0.255 e. The molecule has 0 spiro atoms. The zero-order chi connectivity index (χ0) is 26.6. The Bertz CT molecular complexity index is 1510. The molecule has 1 amide bonds. The fraction of sp³-hybridized carbons (Fsp3) is 0.233. The van der Waals surface area contributed by atoms with Crippen LogP contribution in [0, 0.1) is 13.8 Å². The van der Waals surface area contributed by atoms with Crippen molar-refractivity contribution in [1.29, 1.82) is 0 Å². The molecule has 1 atom stereocenters. The molecule has 0 fully saturated rings. The quantitative estimate of drug-likeness (QED) is 0.312. The van der Waals surface area contributed by atoms with E-state index in [1.54, 1.807) is 4.68 Å². The highest BCUT2D eigenvalue weighted by Crippen LogP contribution is 2.39. The average molecular weight is 510 g/mol. The van der Waals surface area contributed by atoms with Gasteiger partial charge in [-0.2, -0.15) is 10.1 Å². The summed E-state index contributed by atoms with van der Waals surface area (Å²) in [6.45, 7) is 8.74. The minimum atomic E-state index is -0.512. The van der Waals surface area contributed by atoms with E-state index in [2.05, 4.69) is 39.8 Å². The first kappa shape index (κ1) is 25.1. The number of amides is 1. The predicted molar refractivity (Wildman–Crippen MR) is 147 cm³/mol. The summed E-state index contributed by atoms with van der Waals surface area (Å²) in [4.78, 5) is 18.0. The van der Waals surface area contributed by atoms with E-state index < -0.39 is 6.04 Å². The number of fused-ring (bicyclic) bond motifs is 1. The Kier molecular flexibility index (Phi) is 7.13. The van der Waals surface area contributed by atoms with Crippen molar-refractivity contribution in [3.8, 4) is 11.5 Å². The van der Waals surface area contributed by atoms with Gasteiger partial charge in [0.15, 0.2) is 11.5 Å². The number of carbonyl (C=O) groups excluding carboxylic acids is 1. The average Bonchev–Trinajstić information content (AvgIpc) is 3.37. The molecule has 2 heterocycles. The minimum absolute atomic E-state index is 0.215. The van der Waals surface area contributed by atoms with E-state index in [0.29, 0.717) is 41.9 Å². The van der Waals surface area contributed by atoms with Gasteiger partial charge in [0.2, 0.25) is 5.95 Å². The van der Waals surface area contributed by atoms with Crippen LogP contribution in [0.4, 0.5) is 11.6 Å². The summed E-state index contributed by atoms with van der Waals surface area (Å²) in [5, 5.41) is 10.7. The summed E-state index contributed by atoms with van der Waals surface area (Å²) in [5.74, 6) is 1.60. The van der Waals surface area contributed by atoms with Gasteiger partial charge in [-0.25, -0.2) is 4.68 Å². The maximum atomic E-state index is 13.7. The van der Waals surface area contributed by atoms with Crippen LogP contribution in [0.15, 0.2) is 84.3 Å². The molecule has 8 heteroatoms. The number of ether oxygens (including phenoxy) is 2. The molecule has 1 unspecified atom stereocenters. The zero-order valence-electron chi connectivity index (χ0n) is 22.0. The second-order valence-electron chi connectivity index (χ2n) is 9.22. The van der Waals surface area contributed by atoms with Crippen LogP contribution in [0.1, 0.15) is 42.1 Å². The van der Waals surface area contributed by atoms with Crippen LogP contribution in [-0.4, -0.2) is 27.3 Å². The summed E-state index contributed by atoms with van der Waals surface area (Å²) in [7, 11) is 0. The molecule has 5 rings (SSSR count). The number of allylic oxidation sites excluding steroid dienone is 1. The van der Waals surface area contributed by atoms with Crippen LogP contribution in [0.2, 0.25) is 0 Å². The molecule has 0 saturated carbocycles. The monoisotopic (exact) mass is 509 g/mol. The lowest BCUT2D eigenvalue weighted by atomic mass is 9.94. The Morgan fingerprint density at radius 1 is 0.974 bits per heavy atom. The van der Waals surface area contributed by atoms with Gasteiger partial charge in [-0.15, -0.1) is 0 Å². The molecule has 38 heavy (non-hydrogen) atoms. The van der Waals surface area contributed by atoms with Crippen molar-refractivity contribution < 1.29 is 14.3 Å². The van der Waals surface area contributed by atoms with Crippen molar-refractivity contribution in [3.05, 3.63) is 107 Å². The summed E-state index contributed by atoms with van der Waals surface area (Å²) in [5.41, 5.74) is 6.10. The molecule has 0 radical (unpaired) electrons. The molecule has 8 nitrogen and oxygen atoms in total. The molecular weight excluding hydrogens is 478 g/mol. The lowest BCUT2D eigenvalue weighted by Crippen LogP contribution is -2.31. The number of aryl methyl sites for hydroxylation is 2. The van der Waals surface area contributed by atoms with Crippen LogP contribution in [0.5, 0.6) is 11.5 Å². The molecule has 4 aromatic rings. The summed E-state index contributed by atoms with van der Waals surface area (Å²) in [6, 6.07) is 21.1. The first-order valence-corrected chi connectivity index (χ1v) is 12.6. The highest BCUT2D eigenvalue weighted by Gasteiger charge is 2.34. The first-order chi connectivity index (χ1) is 18.5. The lowest BCUT2D eigenvalue weighted by Gasteiger charge is -2.29. The molecule has 194 valence electrons. The number of aromatic nitrogens is 3. The summed E-state index contributed by atoms with van der Waals surface area (Å²) >= 11 is 0. The molecule has 0 bridgehead atoms. The number of rotatable bonds is 8. The number of para-hydroxylation sites is 1. The van der Waals surface area contributed by atoms with E-state index in [4.69, 9.17) is 9.47 Å². The fourth-order valence-electron chi connectivity index (χ4n) is 4.61. The maximum absolute atomic E-state index is 13.7. The van der Waals surface area contributed by atoms with Crippen molar-refractivity contribution in [2.45, 2.75) is 40.3 Å². The number of nitrogens with one attached hydrogen (secondary N) is 2. The van der Waals surface area contributed by atoms with Gasteiger partial charge in [-0.1, -0.05) is 48.5 Å². The zero-order valence-corrected chi connectivity index (χ0v) is 22.0. The Labute approximate surface area is 222 Å². The van der Waals surface area contributed by atoms with E-state index in [-0.39, 0.29) is 5.91 Å². The number of anilines is 2. The molecule has 1 aliphatic heterocycles. The molecule has 0 aliphatic carbocycles. The molecule has 0 saturated heterocycles. The third kappa shape index (κ3) is 4.98. The highest BCUT2D eigenvalue weighted by molar-refractivity contribution is 6.06. The van der Waals surface area contributed by atoms with Gasteiger partial charge in [0, 0.05) is 11.4 Å². The van der Waals surface area contributed by atoms with E-state index in [9.17, 15) is 4.79 Å². The number of hydrogen-bond acceptors (Lipinski definition) is 6. The predicted octanol–water partition coefficient (Wildman–Crippen LogP) is 5.80. The van der Waals surface area contributed by atoms with Gasteiger partial charge in [0.1, 0.15) is 19.0 Å². The summed E-state index contributed by atoms with van der Waals surface area (Å²) in [6.07, 6.45) is 1.48. The third-order valence-corrected chi connectivity index (χ3v) is 6.66. The Morgan fingerprint density at radius 2 is 1.74 bits per heavy atom. The molecule has 3 aromatic carbocycles. The largest absolute Gasteiger partial charge is 0.490 e. The van der Waals surface area contributed by atoms with E-state index in [1.165, 1.54) is 11.9 Å². The number of hydrogen-bond donors (Lipinski definition) is 2. The molecule has 2 N–H and O–H groups in total. The van der Waals surface area contributed by atoms with Crippen molar-refractivity contribution >= 4 is 17.5 Å². The number of benzene rings is 3.